The average molecular weight is 982 g/mol. The van der Waals surface area contributed by atoms with Crippen molar-refractivity contribution in [3.05, 3.63) is 60.2 Å². The summed E-state index contributed by atoms with van der Waals surface area (Å²) in [6.45, 7) is 31.7. The molecule has 8 atom stereocenters. The van der Waals surface area contributed by atoms with Gasteiger partial charge in [-0.2, -0.15) is 0 Å². The first-order valence-corrected chi connectivity index (χ1v) is 33.6. The Labute approximate surface area is 384 Å². The Kier molecular flexibility index (Phi) is 31.3. The minimum atomic E-state index is -1.89. The molecule has 352 valence electrons. The Bertz CT molecular complexity index is 1540. The predicted octanol–water partition coefficient (Wildman–Crippen LogP) is 11.7. The van der Waals surface area contributed by atoms with Gasteiger partial charge < -0.3 is 33.7 Å². The predicted molar refractivity (Wildman–Crippen MR) is 283 cm³/mol. The van der Waals surface area contributed by atoms with Crippen molar-refractivity contribution in [1.82, 2.24) is 5.06 Å². The number of hydrogen-bond acceptors (Lipinski definition) is 10. The Morgan fingerprint density at radius 3 is 1.39 bits per heavy atom. The highest BCUT2D eigenvalue weighted by Crippen LogP contribution is 2.38. The fourth-order valence-corrected chi connectivity index (χ4v) is 7.16. The van der Waals surface area contributed by atoms with E-state index in [4.69, 9.17) is 27.9 Å². The van der Waals surface area contributed by atoms with Crippen molar-refractivity contribution >= 4 is 83.6 Å². The number of amides is 1. The molecule has 0 aromatic heterocycles. The number of esters is 1. The number of ether oxygens (including phenoxy) is 3. The van der Waals surface area contributed by atoms with E-state index >= 15 is 0 Å². The van der Waals surface area contributed by atoms with Crippen molar-refractivity contribution < 1.29 is 37.5 Å². The van der Waals surface area contributed by atoms with Crippen LogP contribution in [0.15, 0.2) is 60.2 Å². The minimum Gasteiger partial charge on any atom is -0.497 e. The molecule has 0 bridgehead atoms. The van der Waals surface area contributed by atoms with Crippen molar-refractivity contribution in [2.24, 2.45) is 11.8 Å². The van der Waals surface area contributed by atoms with Crippen LogP contribution in [0.1, 0.15) is 69.2 Å². The first-order chi connectivity index (χ1) is 28.2. The van der Waals surface area contributed by atoms with Gasteiger partial charge in [-0.15, -0.1) is 35.7 Å². The van der Waals surface area contributed by atoms with Crippen LogP contribution < -0.4 is 20.1 Å². The summed E-state index contributed by atoms with van der Waals surface area (Å²) >= 11 is 0. The molecule has 11 nitrogen and oxygen atoms in total. The number of hydrogen-bond donors (Lipinski definition) is 2. The van der Waals surface area contributed by atoms with E-state index in [1.807, 2.05) is 69.3 Å². The van der Waals surface area contributed by atoms with Gasteiger partial charge >= 0.3 is 5.97 Å². The van der Waals surface area contributed by atoms with Gasteiger partial charge in [0.2, 0.25) is 0 Å². The van der Waals surface area contributed by atoms with Crippen LogP contribution in [0.5, 0.6) is 11.5 Å². The molecule has 2 N–H and O–H groups in total. The summed E-state index contributed by atoms with van der Waals surface area (Å²) in [7, 11) is 13.4. The molecule has 61 heavy (non-hydrogen) atoms. The van der Waals surface area contributed by atoms with Crippen molar-refractivity contribution in [3.63, 3.8) is 0 Å². The topological polar surface area (TPSA) is 117 Å². The van der Waals surface area contributed by atoms with Crippen LogP contribution in [0.3, 0.4) is 0 Å². The number of carbonyl (C=O) groups excluding carboxylic acids is 2. The summed E-state index contributed by atoms with van der Waals surface area (Å²) in [5.41, 5.74) is 2.73. The Hall–Kier alpha value is -1.22. The van der Waals surface area contributed by atoms with Gasteiger partial charge in [-0.3, -0.25) is 9.63 Å². The van der Waals surface area contributed by atoms with E-state index in [9.17, 15) is 9.59 Å². The number of nitrogens with zero attached hydrogens (tertiary/aromatic N) is 1. The lowest BCUT2D eigenvalue weighted by molar-refractivity contribution is -0.170. The SMILES string of the molecule is CCOC(=O)/C=C(/C)[C@@H](Nc1ccc(OC)cc1)[C@@H](C)CO[Si](C)(C)C(C)(C)C.COc1ccc(N[C@H](C(=O)N(C)OC)[C@@H](C)CO[Si](C)(C)C(C)(C)C)cc1.PP.PPP. The minimum absolute atomic E-state index is 0.0358. The molecule has 2 aromatic rings. The molecule has 2 rings (SSSR count). The van der Waals surface area contributed by atoms with Crippen LogP contribution in [0.25, 0.3) is 0 Å². The molecule has 4 unspecified atom stereocenters. The van der Waals surface area contributed by atoms with Crippen molar-refractivity contribution in [2.75, 3.05) is 58.8 Å². The molecule has 0 aliphatic carbocycles. The lowest BCUT2D eigenvalue weighted by Gasteiger charge is -2.38. The lowest BCUT2D eigenvalue weighted by atomic mass is 9.95. The van der Waals surface area contributed by atoms with Gasteiger partial charge in [-0.25, -0.2) is 9.86 Å². The number of nitrogens with one attached hydrogen (secondary N) is 2. The number of rotatable bonds is 19. The Morgan fingerprint density at radius 1 is 0.738 bits per heavy atom. The standard InChI is InChI=1S/C23H39NO4Si.C20H36N2O4Si.H5P3.H4P2/c1-10-27-21(25)15-17(2)22(24-19-11-13-20(26-7)14-12-19)18(3)16-28-29(8,9)23(4,5)6;1-15(14-26-27(8,9)20(2,3)4)18(19(23)22(5)25-7)21-16-10-12-17(24-6)13-11-16;1-3-2;1-2/h11-15,18,22,24H,10,16H2,1-9H3;10-13,15,18,21H,14H2,1-9H3;3H,1-2H2;1-2H2/b17-15-;;;/t18-,22+;15-,18-;;/m00../s1. The summed E-state index contributed by atoms with van der Waals surface area (Å²) < 4.78 is 28.3. The highest BCUT2D eigenvalue weighted by Gasteiger charge is 2.39. The van der Waals surface area contributed by atoms with E-state index in [0.717, 1.165) is 36.4 Å². The summed E-state index contributed by atoms with van der Waals surface area (Å²) in [5.74, 6) is 1.25. The van der Waals surface area contributed by atoms with E-state index < -0.39 is 22.7 Å². The van der Waals surface area contributed by atoms with E-state index in [2.05, 4.69) is 121 Å². The van der Waals surface area contributed by atoms with E-state index in [0.29, 0.717) is 19.8 Å². The molecule has 0 aliphatic rings. The summed E-state index contributed by atoms with van der Waals surface area (Å²) in [6, 6.07) is 14.8. The fourth-order valence-electron chi connectivity index (χ4n) is 4.94. The first kappa shape index (κ1) is 61.9. The molecule has 0 heterocycles. The molecule has 0 spiro atoms. The quantitative estimate of drug-likeness (QED) is 0.0463. The molecule has 2 aromatic carbocycles. The highest BCUT2D eigenvalue weighted by molar-refractivity contribution is 8.33. The molecule has 0 radical (unpaired) electrons. The van der Waals surface area contributed by atoms with Gasteiger partial charge in [-0.05, 0) is 104 Å². The second-order valence-corrected chi connectivity index (χ2v) is 31.6. The monoisotopic (exact) mass is 981 g/mol. The normalized spacial score (nSPS) is 13.8. The van der Waals surface area contributed by atoms with Gasteiger partial charge in [-0.1, -0.05) is 63.3 Å². The second-order valence-electron chi connectivity index (χ2n) is 17.6. The Balaban J connectivity index is 0. The number of methoxy groups -OCH3 is 2. The number of likely N-dealkylation sites (N-methyl/N-ethyl adjacent to an activating group) is 1. The van der Waals surface area contributed by atoms with Gasteiger partial charge in [0, 0.05) is 49.5 Å². The van der Waals surface area contributed by atoms with Crippen molar-refractivity contribution in [2.45, 2.75) is 118 Å². The van der Waals surface area contributed by atoms with Crippen LogP contribution >= 0.6 is 43.7 Å². The summed E-state index contributed by atoms with van der Waals surface area (Å²) in [4.78, 5) is 29.9. The summed E-state index contributed by atoms with van der Waals surface area (Å²) in [5, 5.41) is 8.42. The van der Waals surface area contributed by atoms with Gasteiger partial charge in [0.25, 0.3) is 5.91 Å². The number of hydroxylamine groups is 2. The van der Waals surface area contributed by atoms with Crippen molar-refractivity contribution in [1.29, 1.82) is 0 Å². The molecule has 18 heteroatoms. The van der Waals surface area contributed by atoms with E-state index in [1.165, 1.54) is 12.2 Å². The van der Waals surface area contributed by atoms with Gasteiger partial charge in [0.05, 0.1) is 34.0 Å². The maximum Gasteiger partial charge on any atom is 0.330 e. The van der Waals surface area contributed by atoms with Gasteiger partial charge in [0.15, 0.2) is 16.6 Å². The molecule has 1 amide bonds. The molecular formula is C43H84N3O8P5Si2. The average Bonchev–Trinajstić information content (AvgIpc) is 3.20. The van der Waals surface area contributed by atoms with Gasteiger partial charge in [0.1, 0.15) is 17.5 Å². The molecular weight excluding hydrogens is 898 g/mol. The lowest BCUT2D eigenvalue weighted by Crippen LogP contribution is -2.48. The number of carbonyl (C=O) groups is 2. The smallest absolute Gasteiger partial charge is 0.330 e. The number of benzene rings is 2. The van der Waals surface area contributed by atoms with Crippen LogP contribution in [0.2, 0.25) is 36.3 Å². The molecule has 0 fully saturated rings. The zero-order chi connectivity index (χ0) is 47.8. The first-order valence-electron chi connectivity index (χ1n) is 20.5. The van der Waals surface area contributed by atoms with Crippen LogP contribution in [0.4, 0.5) is 11.4 Å². The van der Waals surface area contributed by atoms with E-state index in [-0.39, 0.29) is 39.8 Å². The molecule has 0 saturated carbocycles. The third-order valence-electron chi connectivity index (χ3n) is 11.0. The maximum atomic E-state index is 12.8. The fraction of sp³-hybridized carbons (Fsp3) is 0.628. The summed E-state index contributed by atoms with van der Waals surface area (Å²) in [6.07, 6.45) is 1.58. The number of anilines is 2. The molecule has 0 saturated heterocycles. The van der Waals surface area contributed by atoms with Crippen LogP contribution in [-0.4, -0.2) is 93.9 Å². The van der Waals surface area contributed by atoms with E-state index in [1.54, 1.807) is 27.3 Å². The third kappa shape index (κ3) is 23.5. The highest BCUT2D eigenvalue weighted by atomic mass is 32.4. The maximum absolute atomic E-state index is 12.8. The largest absolute Gasteiger partial charge is 0.497 e. The van der Waals surface area contributed by atoms with Crippen LogP contribution in [0, 0.1) is 11.8 Å². The second kappa shape index (κ2) is 30.8. The molecule has 0 aliphatic heterocycles. The zero-order valence-corrected chi connectivity index (χ0v) is 48.3. The van der Waals surface area contributed by atoms with Crippen molar-refractivity contribution in [3.8, 4) is 11.5 Å². The Morgan fingerprint density at radius 2 is 1.08 bits per heavy atom. The third-order valence-corrected chi connectivity index (χ3v) is 20.0. The van der Waals surface area contributed by atoms with Crippen LogP contribution in [-0.2, 0) is 28.0 Å². The zero-order valence-electron chi connectivity index (χ0n) is 40.6.